The van der Waals surface area contributed by atoms with E-state index in [1.165, 1.54) is 0 Å². The standard InChI is InChI=1S/C25H24N4O3/c1-15-10-19(11-16(2)23(15)31-14-18-6-4-8-26-13-18)25-27-24(28-32-25)22-20-7-5-9-29(20)17(3)12-21(22)30/h4,6,8,10-13H,5,7,9,14H2,1-3H3. The van der Waals surface area contributed by atoms with Gasteiger partial charge in [-0.3, -0.25) is 9.78 Å². The van der Waals surface area contributed by atoms with Crippen LogP contribution in [0.25, 0.3) is 22.8 Å². The Morgan fingerprint density at radius 1 is 1.16 bits per heavy atom. The van der Waals surface area contributed by atoms with E-state index in [-0.39, 0.29) is 5.43 Å². The number of aromatic nitrogens is 4. The molecule has 1 aromatic carbocycles. The number of aryl methyl sites for hydroxylation is 3. The molecule has 32 heavy (non-hydrogen) atoms. The molecule has 0 saturated heterocycles. The molecule has 0 fully saturated rings. The zero-order valence-electron chi connectivity index (χ0n) is 18.4. The summed E-state index contributed by atoms with van der Waals surface area (Å²) in [6.07, 6.45) is 5.40. The quantitative estimate of drug-likeness (QED) is 0.468. The van der Waals surface area contributed by atoms with Crippen LogP contribution in [0.3, 0.4) is 0 Å². The fraction of sp³-hybridized carbons (Fsp3) is 0.280. The number of ether oxygens (including phenoxy) is 1. The minimum Gasteiger partial charge on any atom is -0.488 e. The van der Waals surface area contributed by atoms with Gasteiger partial charge in [0.05, 0.1) is 5.56 Å². The van der Waals surface area contributed by atoms with Crippen LogP contribution in [0.15, 0.2) is 52.0 Å². The lowest BCUT2D eigenvalue weighted by Gasteiger charge is -2.13. The Morgan fingerprint density at radius 3 is 2.72 bits per heavy atom. The van der Waals surface area contributed by atoms with Crippen LogP contribution >= 0.6 is 0 Å². The van der Waals surface area contributed by atoms with Crippen molar-refractivity contribution in [3.8, 4) is 28.6 Å². The van der Waals surface area contributed by atoms with E-state index in [9.17, 15) is 4.79 Å². The molecule has 162 valence electrons. The summed E-state index contributed by atoms with van der Waals surface area (Å²) in [5.74, 6) is 1.57. The van der Waals surface area contributed by atoms with E-state index in [0.29, 0.717) is 23.9 Å². The van der Waals surface area contributed by atoms with Gasteiger partial charge in [0.1, 0.15) is 12.4 Å². The molecule has 0 saturated carbocycles. The maximum Gasteiger partial charge on any atom is 0.258 e. The van der Waals surface area contributed by atoms with Gasteiger partial charge in [0, 0.05) is 47.5 Å². The molecule has 0 aliphatic carbocycles. The van der Waals surface area contributed by atoms with Crippen molar-refractivity contribution in [3.05, 3.63) is 81.0 Å². The molecule has 3 aromatic heterocycles. The first-order chi connectivity index (χ1) is 15.5. The molecule has 0 spiro atoms. The summed E-state index contributed by atoms with van der Waals surface area (Å²) in [6.45, 7) is 7.31. The molecule has 0 N–H and O–H groups in total. The van der Waals surface area contributed by atoms with Crippen LogP contribution in [-0.2, 0) is 19.6 Å². The summed E-state index contributed by atoms with van der Waals surface area (Å²) in [7, 11) is 0. The highest BCUT2D eigenvalue weighted by molar-refractivity contribution is 5.64. The molecule has 7 heteroatoms. The number of nitrogens with zero attached hydrogens (tertiary/aromatic N) is 4. The van der Waals surface area contributed by atoms with Gasteiger partial charge in [0.2, 0.25) is 5.82 Å². The smallest absolute Gasteiger partial charge is 0.258 e. The Morgan fingerprint density at radius 2 is 1.97 bits per heavy atom. The number of fused-ring (bicyclic) bond motifs is 1. The van der Waals surface area contributed by atoms with Gasteiger partial charge in [-0.2, -0.15) is 4.98 Å². The number of hydrogen-bond acceptors (Lipinski definition) is 6. The van der Waals surface area contributed by atoms with Crippen LogP contribution in [0, 0.1) is 20.8 Å². The van der Waals surface area contributed by atoms with Crippen LogP contribution in [0.4, 0.5) is 0 Å². The molecule has 0 atom stereocenters. The van der Waals surface area contributed by atoms with Crippen LogP contribution in [-0.4, -0.2) is 19.7 Å². The minimum atomic E-state index is -0.0606. The SMILES string of the molecule is Cc1cc(-c2nc(-c3c4n(c(C)cc3=O)CCC4)no2)cc(C)c1OCc1cccnc1. The Labute approximate surface area is 185 Å². The van der Waals surface area contributed by atoms with Crippen molar-refractivity contribution in [2.45, 2.75) is 46.8 Å². The van der Waals surface area contributed by atoms with E-state index in [0.717, 1.165) is 58.8 Å². The summed E-state index contributed by atoms with van der Waals surface area (Å²) in [5, 5.41) is 4.15. The number of benzene rings is 1. The first kappa shape index (κ1) is 20.2. The molecule has 0 unspecified atom stereocenters. The summed E-state index contributed by atoms with van der Waals surface area (Å²) in [5.41, 5.74) is 6.21. The van der Waals surface area contributed by atoms with Gasteiger partial charge in [-0.15, -0.1) is 0 Å². The highest BCUT2D eigenvalue weighted by Gasteiger charge is 2.23. The number of rotatable bonds is 5. The molecular formula is C25H24N4O3. The molecule has 1 aliphatic rings. The molecule has 1 aliphatic heterocycles. The highest BCUT2D eigenvalue weighted by atomic mass is 16.5. The topological polar surface area (TPSA) is 83.0 Å². The third kappa shape index (κ3) is 3.60. The third-order valence-electron chi connectivity index (χ3n) is 5.88. The maximum absolute atomic E-state index is 12.7. The van der Waals surface area contributed by atoms with Gasteiger partial charge in [0.25, 0.3) is 5.89 Å². The Hall–Kier alpha value is -3.74. The van der Waals surface area contributed by atoms with Gasteiger partial charge >= 0.3 is 0 Å². The van der Waals surface area contributed by atoms with E-state index < -0.39 is 0 Å². The van der Waals surface area contributed by atoms with E-state index in [1.807, 2.05) is 45.0 Å². The molecule has 5 rings (SSSR count). The van der Waals surface area contributed by atoms with Crippen molar-refractivity contribution >= 4 is 0 Å². The first-order valence-electron chi connectivity index (χ1n) is 10.7. The number of hydrogen-bond donors (Lipinski definition) is 0. The largest absolute Gasteiger partial charge is 0.488 e. The maximum atomic E-state index is 12.7. The van der Waals surface area contributed by atoms with Gasteiger partial charge in [0.15, 0.2) is 5.43 Å². The minimum absolute atomic E-state index is 0.0606. The summed E-state index contributed by atoms with van der Waals surface area (Å²) >= 11 is 0. The predicted molar refractivity (Wildman–Crippen MR) is 121 cm³/mol. The second kappa shape index (κ2) is 8.07. The molecule has 0 bridgehead atoms. The lowest BCUT2D eigenvalue weighted by Crippen LogP contribution is -2.15. The van der Waals surface area contributed by atoms with Crippen molar-refractivity contribution in [1.29, 1.82) is 0 Å². The lowest BCUT2D eigenvalue weighted by atomic mass is 10.1. The Bertz CT molecular complexity index is 1330. The van der Waals surface area contributed by atoms with E-state index in [2.05, 4.69) is 19.7 Å². The summed E-state index contributed by atoms with van der Waals surface area (Å²) in [6, 6.07) is 9.47. The fourth-order valence-corrected chi connectivity index (χ4v) is 4.43. The average molecular weight is 428 g/mol. The molecular weight excluding hydrogens is 404 g/mol. The van der Waals surface area contributed by atoms with Gasteiger partial charge in [-0.05, 0) is 62.9 Å². The van der Waals surface area contributed by atoms with E-state index in [4.69, 9.17) is 9.26 Å². The summed E-state index contributed by atoms with van der Waals surface area (Å²) in [4.78, 5) is 21.4. The fourth-order valence-electron chi connectivity index (χ4n) is 4.43. The van der Waals surface area contributed by atoms with Gasteiger partial charge in [-0.25, -0.2) is 0 Å². The molecule has 7 nitrogen and oxygen atoms in total. The zero-order valence-corrected chi connectivity index (χ0v) is 18.4. The van der Waals surface area contributed by atoms with Crippen molar-refractivity contribution < 1.29 is 9.26 Å². The van der Waals surface area contributed by atoms with Gasteiger partial charge < -0.3 is 13.8 Å². The zero-order chi connectivity index (χ0) is 22.2. The Kier molecular flexibility index (Phi) is 5.09. The predicted octanol–water partition coefficient (Wildman–Crippen LogP) is 4.41. The normalized spacial score (nSPS) is 12.7. The average Bonchev–Trinajstić information content (AvgIpc) is 3.44. The van der Waals surface area contributed by atoms with Gasteiger partial charge in [-0.1, -0.05) is 11.2 Å². The molecule has 4 aromatic rings. The molecule has 0 amide bonds. The monoisotopic (exact) mass is 428 g/mol. The van der Waals surface area contributed by atoms with E-state index in [1.54, 1.807) is 18.5 Å². The highest BCUT2D eigenvalue weighted by Crippen LogP contribution is 2.32. The Balaban J connectivity index is 1.45. The second-order valence-electron chi connectivity index (χ2n) is 8.24. The second-order valence-corrected chi connectivity index (χ2v) is 8.24. The first-order valence-corrected chi connectivity index (χ1v) is 10.7. The van der Waals surface area contributed by atoms with Crippen LogP contribution in [0.2, 0.25) is 0 Å². The summed E-state index contributed by atoms with van der Waals surface area (Å²) < 4.78 is 13.8. The number of pyridine rings is 2. The lowest BCUT2D eigenvalue weighted by molar-refractivity contribution is 0.301. The van der Waals surface area contributed by atoms with Crippen molar-refractivity contribution in [3.63, 3.8) is 0 Å². The van der Waals surface area contributed by atoms with Crippen molar-refractivity contribution in [2.75, 3.05) is 0 Å². The molecule has 4 heterocycles. The van der Waals surface area contributed by atoms with Crippen LogP contribution in [0.5, 0.6) is 5.75 Å². The van der Waals surface area contributed by atoms with Crippen molar-refractivity contribution in [2.24, 2.45) is 0 Å². The van der Waals surface area contributed by atoms with Crippen LogP contribution < -0.4 is 10.2 Å². The third-order valence-corrected chi connectivity index (χ3v) is 5.88. The molecule has 0 radical (unpaired) electrons. The van der Waals surface area contributed by atoms with Crippen molar-refractivity contribution in [1.82, 2.24) is 19.7 Å². The van der Waals surface area contributed by atoms with Crippen LogP contribution in [0.1, 0.15) is 34.5 Å². The van der Waals surface area contributed by atoms with E-state index >= 15 is 0 Å².